The van der Waals surface area contributed by atoms with Crippen molar-refractivity contribution < 1.29 is 9.47 Å². The minimum absolute atomic E-state index is 0.401. The quantitative estimate of drug-likeness (QED) is 0.942. The molecule has 2 rings (SSSR count). The van der Waals surface area contributed by atoms with E-state index in [2.05, 4.69) is 20.9 Å². The highest BCUT2D eigenvalue weighted by Gasteiger charge is 2.05. The highest BCUT2D eigenvalue weighted by atomic mass is 79.9. The molecule has 0 aliphatic carbocycles. The second-order valence-electron chi connectivity index (χ2n) is 3.26. The van der Waals surface area contributed by atoms with E-state index in [9.17, 15) is 0 Å². The molecule has 4 nitrogen and oxygen atoms in total. The molecule has 90 valence electrons. The van der Waals surface area contributed by atoms with E-state index in [1.807, 2.05) is 23.6 Å². The number of aromatic nitrogens is 1. The number of methoxy groups -OCH3 is 1. The monoisotopic (exact) mass is 314 g/mol. The first-order chi connectivity index (χ1) is 8.19. The van der Waals surface area contributed by atoms with E-state index in [1.54, 1.807) is 7.11 Å². The van der Waals surface area contributed by atoms with Crippen LogP contribution in [0.4, 0.5) is 5.13 Å². The second-order valence-corrected chi connectivity index (χ2v) is 5.01. The molecule has 0 radical (unpaired) electrons. The van der Waals surface area contributed by atoms with Gasteiger partial charge in [0.25, 0.3) is 0 Å². The van der Waals surface area contributed by atoms with Gasteiger partial charge in [-0.25, -0.2) is 4.98 Å². The Morgan fingerprint density at radius 3 is 2.88 bits per heavy atom. The number of ether oxygens (including phenoxy) is 2. The zero-order valence-corrected chi connectivity index (χ0v) is 11.5. The minimum atomic E-state index is 0.401. The molecular formula is C11H11BrN2O2S. The van der Waals surface area contributed by atoms with E-state index < -0.39 is 0 Å². The van der Waals surface area contributed by atoms with Crippen LogP contribution in [-0.2, 0) is 6.61 Å². The van der Waals surface area contributed by atoms with Crippen molar-refractivity contribution in [2.24, 2.45) is 0 Å². The fourth-order valence-electron chi connectivity index (χ4n) is 1.27. The summed E-state index contributed by atoms with van der Waals surface area (Å²) in [6.45, 7) is 0.401. The van der Waals surface area contributed by atoms with Crippen molar-refractivity contribution in [3.63, 3.8) is 0 Å². The van der Waals surface area contributed by atoms with Gasteiger partial charge in [-0.2, -0.15) is 0 Å². The zero-order valence-electron chi connectivity index (χ0n) is 9.14. The van der Waals surface area contributed by atoms with Crippen LogP contribution in [0.3, 0.4) is 0 Å². The van der Waals surface area contributed by atoms with E-state index in [0.29, 0.717) is 11.7 Å². The van der Waals surface area contributed by atoms with Gasteiger partial charge in [0.1, 0.15) is 18.1 Å². The Labute approximate surface area is 112 Å². The summed E-state index contributed by atoms with van der Waals surface area (Å²) in [5.41, 5.74) is 6.37. The molecule has 0 atom stereocenters. The summed E-state index contributed by atoms with van der Waals surface area (Å²) in [4.78, 5) is 4.12. The van der Waals surface area contributed by atoms with E-state index in [1.165, 1.54) is 11.3 Å². The number of nitrogen functional groups attached to an aromatic ring is 1. The van der Waals surface area contributed by atoms with Crippen molar-refractivity contribution in [1.29, 1.82) is 0 Å². The van der Waals surface area contributed by atoms with E-state index in [-0.39, 0.29) is 0 Å². The molecule has 0 aliphatic heterocycles. The molecule has 0 saturated heterocycles. The van der Waals surface area contributed by atoms with Crippen LogP contribution < -0.4 is 15.2 Å². The Hall–Kier alpha value is -1.27. The fraction of sp³-hybridized carbons (Fsp3) is 0.182. The van der Waals surface area contributed by atoms with Crippen molar-refractivity contribution in [1.82, 2.24) is 4.98 Å². The number of nitrogens with zero attached hydrogens (tertiary/aromatic N) is 1. The van der Waals surface area contributed by atoms with Gasteiger partial charge < -0.3 is 15.2 Å². The predicted octanol–water partition coefficient (Wildman–Crippen LogP) is 3.08. The average molecular weight is 315 g/mol. The molecular weight excluding hydrogens is 304 g/mol. The van der Waals surface area contributed by atoms with Crippen molar-refractivity contribution in [2.75, 3.05) is 12.8 Å². The van der Waals surface area contributed by atoms with Crippen LogP contribution in [0, 0.1) is 0 Å². The molecule has 1 aromatic carbocycles. The number of benzene rings is 1. The van der Waals surface area contributed by atoms with E-state index in [4.69, 9.17) is 15.2 Å². The molecule has 0 bridgehead atoms. The molecule has 0 amide bonds. The summed E-state index contributed by atoms with van der Waals surface area (Å²) in [6.07, 6.45) is 0. The van der Waals surface area contributed by atoms with Crippen LogP contribution in [-0.4, -0.2) is 12.1 Å². The third-order valence-electron chi connectivity index (χ3n) is 2.08. The Bertz CT molecular complexity index is 516. The van der Waals surface area contributed by atoms with Crippen LogP contribution in [0.25, 0.3) is 0 Å². The lowest BCUT2D eigenvalue weighted by Crippen LogP contribution is -1.97. The maximum atomic E-state index is 5.62. The fourth-order valence-corrected chi connectivity index (χ4v) is 2.29. The molecule has 17 heavy (non-hydrogen) atoms. The van der Waals surface area contributed by atoms with Gasteiger partial charge in [-0.1, -0.05) is 0 Å². The molecule has 2 N–H and O–H groups in total. The Morgan fingerprint density at radius 1 is 1.47 bits per heavy atom. The van der Waals surface area contributed by atoms with Crippen LogP contribution in [0.1, 0.15) is 5.69 Å². The minimum Gasteiger partial charge on any atom is -0.497 e. The zero-order chi connectivity index (χ0) is 12.3. The summed E-state index contributed by atoms with van der Waals surface area (Å²) in [5.74, 6) is 1.53. The highest BCUT2D eigenvalue weighted by Crippen LogP contribution is 2.29. The number of nitrogens with two attached hydrogens (primary N) is 1. The maximum Gasteiger partial charge on any atom is 0.180 e. The van der Waals surface area contributed by atoms with Crippen LogP contribution in [0.2, 0.25) is 0 Å². The molecule has 0 spiro atoms. The summed E-state index contributed by atoms with van der Waals surface area (Å²) < 4.78 is 11.6. The molecule has 6 heteroatoms. The van der Waals surface area contributed by atoms with Gasteiger partial charge >= 0.3 is 0 Å². The van der Waals surface area contributed by atoms with E-state index >= 15 is 0 Å². The lowest BCUT2D eigenvalue weighted by atomic mass is 10.3. The van der Waals surface area contributed by atoms with Crippen molar-refractivity contribution in [3.8, 4) is 11.5 Å². The second kappa shape index (κ2) is 5.37. The van der Waals surface area contributed by atoms with Crippen LogP contribution >= 0.6 is 27.3 Å². The first-order valence-electron chi connectivity index (χ1n) is 4.85. The number of halogens is 1. The molecule has 1 aromatic heterocycles. The van der Waals surface area contributed by atoms with Crippen LogP contribution in [0.5, 0.6) is 11.5 Å². The normalized spacial score (nSPS) is 10.2. The molecule has 0 fully saturated rings. The number of rotatable bonds is 4. The number of hydrogen-bond acceptors (Lipinski definition) is 5. The summed E-state index contributed by atoms with van der Waals surface area (Å²) >= 11 is 4.82. The SMILES string of the molecule is COc1ccc(OCc2csc(N)n2)c(Br)c1. The standard InChI is InChI=1S/C11H11BrN2O2S/c1-15-8-2-3-10(9(12)4-8)16-5-7-6-17-11(13)14-7/h2-4,6H,5H2,1H3,(H2,13,14). The van der Waals surface area contributed by atoms with Gasteiger partial charge in [-0.15, -0.1) is 11.3 Å². The van der Waals surface area contributed by atoms with Gasteiger partial charge in [0.15, 0.2) is 5.13 Å². The Kier molecular flexibility index (Phi) is 3.86. The molecule has 0 aliphatic rings. The lowest BCUT2D eigenvalue weighted by Gasteiger charge is -2.08. The number of hydrogen-bond donors (Lipinski definition) is 1. The topological polar surface area (TPSA) is 57.4 Å². The van der Waals surface area contributed by atoms with Gasteiger partial charge in [0.05, 0.1) is 17.3 Å². The molecule has 0 unspecified atom stereocenters. The van der Waals surface area contributed by atoms with Crippen molar-refractivity contribution in [2.45, 2.75) is 6.61 Å². The van der Waals surface area contributed by atoms with Crippen molar-refractivity contribution in [3.05, 3.63) is 33.7 Å². The lowest BCUT2D eigenvalue weighted by molar-refractivity contribution is 0.299. The summed E-state index contributed by atoms with van der Waals surface area (Å²) in [7, 11) is 1.63. The molecule has 1 heterocycles. The largest absolute Gasteiger partial charge is 0.497 e. The smallest absolute Gasteiger partial charge is 0.180 e. The van der Waals surface area contributed by atoms with Gasteiger partial charge in [-0.3, -0.25) is 0 Å². The number of anilines is 1. The van der Waals surface area contributed by atoms with Gasteiger partial charge in [0, 0.05) is 5.38 Å². The molecule has 0 saturated carbocycles. The maximum absolute atomic E-state index is 5.62. The predicted molar refractivity (Wildman–Crippen MR) is 71.6 cm³/mol. The van der Waals surface area contributed by atoms with Crippen molar-refractivity contribution >= 4 is 32.4 Å². The number of thiazole rings is 1. The van der Waals surface area contributed by atoms with E-state index in [0.717, 1.165) is 21.7 Å². The highest BCUT2D eigenvalue weighted by molar-refractivity contribution is 9.10. The average Bonchev–Trinajstić information content (AvgIpc) is 2.73. The first-order valence-corrected chi connectivity index (χ1v) is 6.52. The Morgan fingerprint density at radius 2 is 2.29 bits per heavy atom. The van der Waals surface area contributed by atoms with Gasteiger partial charge in [-0.05, 0) is 34.1 Å². The van der Waals surface area contributed by atoms with Crippen LogP contribution in [0.15, 0.2) is 28.1 Å². The molecule has 2 aromatic rings. The van der Waals surface area contributed by atoms with Gasteiger partial charge in [0.2, 0.25) is 0 Å². The summed E-state index contributed by atoms with van der Waals surface area (Å²) in [6, 6.07) is 5.54. The Balaban J connectivity index is 2.04. The third-order valence-corrected chi connectivity index (χ3v) is 3.43. The third kappa shape index (κ3) is 3.10. The summed E-state index contributed by atoms with van der Waals surface area (Å²) in [5, 5.41) is 2.43. The first kappa shape index (κ1) is 12.2.